The van der Waals surface area contributed by atoms with Gasteiger partial charge in [0.25, 0.3) is 0 Å². The van der Waals surface area contributed by atoms with Crippen LogP contribution in [0.4, 0.5) is 4.11 Å². The van der Waals surface area contributed by atoms with E-state index in [9.17, 15) is 0 Å². The largest absolute Gasteiger partial charge is 1.00 e. The molecule has 0 radical (unpaired) electrons. The molecule has 0 aromatic heterocycles. The van der Waals surface area contributed by atoms with E-state index >= 15 is 4.11 Å². The van der Waals surface area contributed by atoms with Gasteiger partial charge in [-0.3, -0.25) is 0 Å². The van der Waals surface area contributed by atoms with Crippen LogP contribution in [0.15, 0.2) is 0 Å². The van der Waals surface area contributed by atoms with Crippen LogP contribution >= 0.6 is 0 Å². The summed E-state index contributed by atoms with van der Waals surface area (Å²) in [5.41, 5.74) is 0. The van der Waals surface area contributed by atoms with Crippen molar-refractivity contribution in [1.82, 2.24) is 0 Å². The van der Waals surface area contributed by atoms with Gasteiger partial charge in [0.2, 0.25) is 0 Å². The van der Waals surface area contributed by atoms with E-state index in [1.54, 1.807) is 0 Å². The Labute approximate surface area is 124 Å². The molecule has 0 aliphatic rings. The Balaban J connectivity index is 0. The first kappa shape index (κ1) is 20.5. The van der Waals surface area contributed by atoms with Crippen LogP contribution in [-0.4, -0.2) is 23.3 Å². The van der Waals surface area contributed by atoms with E-state index in [4.69, 9.17) is 0 Å². The molecule has 0 atom stereocenters. The minimum absolute atomic E-state index is 0. The van der Waals surface area contributed by atoms with Gasteiger partial charge in [0.1, 0.15) is 0 Å². The monoisotopic (exact) mass is 284 g/mol. The smallest absolute Gasteiger partial charge is 0.524 e. The second-order valence-electron chi connectivity index (χ2n) is 8.06. The molecule has 0 bridgehead atoms. The van der Waals surface area contributed by atoms with Crippen LogP contribution in [0.1, 0.15) is 41.5 Å². The molecule has 0 nitrogen and oxygen atoms in total. The SMILES string of the molecule is CC(C)(C)[Si](C)(C)[Si-](F)[Si](C)(C)C(C)(C)C.[Li+]. The molecular weight excluding hydrogens is 254 g/mol. The van der Waals surface area contributed by atoms with Gasteiger partial charge < -0.3 is 4.11 Å². The molecule has 0 aromatic rings. The molecule has 0 fully saturated rings. The standard InChI is InChI=1S/C12H30FSi3.Li/c1-11(2,3)15(7,8)14(13)16(9,10)12(4,5)6;/h1-10H3;/q-1;+1. The molecule has 98 valence electrons. The van der Waals surface area contributed by atoms with Gasteiger partial charge in [-0.05, 0) is 0 Å². The van der Waals surface area contributed by atoms with Crippen LogP contribution in [0.3, 0.4) is 0 Å². The minimum atomic E-state index is -1.76. The van der Waals surface area contributed by atoms with Crippen LogP contribution in [0.5, 0.6) is 0 Å². The van der Waals surface area contributed by atoms with E-state index in [2.05, 4.69) is 67.7 Å². The van der Waals surface area contributed by atoms with Crippen molar-refractivity contribution in [1.29, 1.82) is 0 Å². The van der Waals surface area contributed by atoms with E-state index in [1.807, 2.05) is 0 Å². The fourth-order valence-electron chi connectivity index (χ4n) is 1.44. The van der Waals surface area contributed by atoms with Crippen LogP contribution in [-0.2, 0) is 0 Å². The van der Waals surface area contributed by atoms with Crippen molar-refractivity contribution in [3.05, 3.63) is 0 Å². The second kappa shape index (κ2) is 5.66. The molecule has 0 spiro atoms. The van der Waals surface area contributed by atoms with Gasteiger partial charge >= 0.3 is 18.9 Å². The summed E-state index contributed by atoms with van der Waals surface area (Å²) in [5, 5.41) is 0.372. The van der Waals surface area contributed by atoms with Crippen LogP contribution in [0, 0.1) is 0 Å². The van der Waals surface area contributed by atoms with Crippen molar-refractivity contribution < 1.29 is 23.0 Å². The van der Waals surface area contributed by atoms with Crippen LogP contribution in [0.2, 0.25) is 36.3 Å². The topological polar surface area (TPSA) is 0 Å². The molecule has 0 unspecified atom stereocenters. The number of hydrogen-bond acceptors (Lipinski definition) is 0. The van der Waals surface area contributed by atoms with E-state index in [-0.39, 0.29) is 28.9 Å². The minimum Gasteiger partial charge on any atom is -0.524 e. The van der Waals surface area contributed by atoms with E-state index < -0.39 is 23.3 Å². The van der Waals surface area contributed by atoms with Gasteiger partial charge in [-0.1, -0.05) is 101 Å². The van der Waals surface area contributed by atoms with Crippen molar-refractivity contribution >= 4 is 23.3 Å². The Hall–Kier alpha value is 1.18. The maximum Gasteiger partial charge on any atom is 1.00 e. The molecule has 0 aliphatic carbocycles. The maximum absolute atomic E-state index is 15.2. The zero-order chi connectivity index (χ0) is 13.6. The average molecular weight is 285 g/mol. The van der Waals surface area contributed by atoms with E-state index in [0.717, 1.165) is 0 Å². The summed E-state index contributed by atoms with van der Waals surface area (Å²) < 4.78 is 15.2. The number of halogens is 1. The fraction of sp³-hybridized carbons (Fsp3) is 1.00. The van der Waals surface area contributed by atoms with E-state index in [0.29, 0.717) is 0 Å². The third-order valence-electron chi connectivity index (χ3n) is 4.85. The zero-order valence-electron chi connectivity index (χ0n) is 13.9. The third kappa shape index (κ3) is 4.07. The molecule has 17 heavy (non-hydrogen) atoms. The molecule has 0 aliphatic heterocycles. The molecule has 0 aromatic carbocycles. The Morgan fingerprint density at radius 3 is 1.00 bits per heavy atom. The van der Waals surface area contributed by atoms with Gasteiger partial charge in [-0.15, -0.1) is 0 Å². The van der Waals surface area contributed by atoms with Crippen molar-refractivity contribution in [2.24, 2.45) is 0 Å². The quantitative estimate of drug-likeness (QED) is 0.538. The summed E-state index contributed by atoms with van der Waals surface area (Å²) in [5.74, 6) is 0. The van der Waals surface area contributed by atoms with Crippen molar-refractivity contribution in [2.75, 3.05) is 0 Å². The van der Waals surface area contributed by atoms with E-state index in [1.165, 1.54) is 0 Å². The van der Waals surface area contributed by atoms with Gasteiger partial charge in [0, 0.05) is 0 Å². The molecule has 0 saturated heterocycles. The molecular formula is C12H30FLiSi3. The third-order valence-corrected chi connectivity index (χ3v) is 36.9. The normalized spacial score (nSPS) is 14.8. The fourth-order valence-corrected chi connectivity index (χ4v) is 33.8. The van der Waals surface area contributed by atoms with Gasteiger partial charge in [0.15, 0.2) is 0 Å². The summed E-state index contributed by atoms with van der Waals surface area (Å²) in [4.78, 5) is 0. The Bertz CT molecular complexity index is 225. The van der Waals surface area contributed by atoms with Crippen molar-refractivity contribution in [2.45, 2.75) is 77.8 Å². The summed E-state index contributed by atoms with van der Waals surface area (Å²) in [7, 11) is -5.19. The summed E-state index contributed by atoms with van der Waals surface area (Å²) in [6.45, 7) is 22.5. The molecule has 0 rings (SSSR count). The molecule has 0 N–H and O–H groups in total. The van der Waals surface area contributed by atoms with Gasteiger partial charge in [0.05, 0.1) is 0 Å². The van der Waals surface area contributed by atoms with Crippen LogP contribution in [0.25, 0.3) is 0 Å². The Morgan fingerprint density at radius 1 is 0.706 bits per heavy atom. The first-order chi connectivity index (χ1) is 6.65. The van der Waals surface area contributed by atoms with Gasteiger partial charge in [-0.2, -0.15) is 0 Å². The first-order valence-corrected chi connectivity index (χ1v) is 15.6. The number of hydrogen-bond donors (Lipinski definition) is 0. The summed E-state index contributed by atoms with van der Waals surface area (Å²) >= 11 is 0. The predicted molar refractivity (Wildman–Crippen MR) is 81.3 cm³/mol. The van der Waals surface area contributed by atoms with Gasteiger partial charge in [-0.25, -0.2) is 0 Å². The first-order valence-electron chi connectivity index (χ1n) is 6.19. The average Bonchev–Trinajstić information content (AvgIpc) is 1.98. The molecule has 5 heteroatoms. The maximum atomic E-state index is 15.2. The summed E-state index contributed by atoms with van der Waals surface area (Å²) in [6.07, 6.45) is 0. The number of rotatable bonds is 2. The second-order valence-corrected chi connectivity index (χ2v) is 29.8. The summed E-state index contributed by atoms with van der Waals surface area (Å²) in [6, 6.07) is 0. The van der Waals surface area contributed by atoms with Crippen molar-refractivity contribution in [3.63, 3.8) is 0 Å². The molecule has 0 amide bonds. The Morgan fingerprint density at radius 2 is 0.882 bits per heavy atom. The van der Waals surface area contributed by atoms with Crippen LogP contribution < -0.4 is 18.9 Å². The predicted octanol–water partition coefficient (Wildman–Crippen LogP) is 2.13. The Kier molecular flexibility index (Phi) is 6.83. The molecule has 0 saturated carbocycles. The zero-order valence-corrected chi connectivity index (χ0v) is 16.9. The van der Waals surface area contributed by atoms with Crippen molar-refractivity contribution in [3.8, 4) is 0 Å². The molecule has 0 heterocycles.